The van der Waals surface area contributed by atoms with E-state index in [0.717, 1.165) is 41.3 Å². The first kappa shape index (κ1) is 16.6. The normalized spacial score (nSPS) is 17.5. The number of hydrogen-bond donors (Lipinski definition) is 1. The van der Waals surface area contributed by atoms with E-state index >= 15 is 0 Å². The second-order valence-corrected chi connectivity index (χ2v) is 6.50. The monoisotopic (exact) mass is 350 g/mol. The van der Waals surface area contributed by atoms with Gasteiger partial charge < -0.3 is 20.1 Å². The molecule has 0 aliphatic carbocycles. The summed E-state index contributed by atoms with van der Waals surface area (Å²) in [6, 6.07) is 14.5. The van der Waals surface area contributed by atoms with E-state index in [9.17, 15) is 0 Å². The van der Waals surface area contributed by atoms with Gasteiger partial charge in [0.25, 0.3) is 0 Å². The van der Waals surface area contributed by atoms with Crippen LogP contribution in [0.15, 0.2) is 42.5 Å². The molecule has 26 heavy (non-hydrogen) atoms. The minimum atomic E-state index is -0.00764. The number of nitrogens with zero attached hydrogens (tertiary/aromatic N) is 3. The van der Waals surface area contributed by atoms with E-state index in [1.165, 1.54) is 5.39 Å². The number of morpholine rings is 1. The number of benzene rings is 2. The Labute approximate surface area is 152 Å². The number of fused-ring (bicyclic) bond motifs is 1. The van der Waals surface area contributed by atoms with Crippen LogP contribution in [0.25, 0.3) is 10.8 Å². The van der Waals surface area contributed by atoms with Gasteiger partial charge in [-0.3, -0.25) is 0 Å². The van der Waals surface area contributed by atoms with Crippen LogP contribution in [-0.4, -0.2) is 36.8 Å². The van der Waals surface area contributed by atoms with Crippen LogP contribution in [0.1, 0.15) is 17.4 Å². The molecule has 6 nitrogen and oxygen atoms in total. The maximum Gasteiger partial charge on any atom is 0.222 e. The summed E-state index contributed by atoms with van der Waals surface area (Å²) in [4.78, 5) is 10.7. The molecule has 1 atom stereocenters. The summed E-state index contributed by atoms with van der Waals surface area (Å²) in [5, 5.41) is 2.33. The highest BCUT2D eigenvalue weighted by molar-refractivity contribution is 5.84. The molecule has 1 aliphatic heterocycles. The van der Waals surface area contributed by atoms with Crippen LogP contribution in [0.4, 0.5) is 11.8 Å². The summed E-state index contributed by atoms with van der Waals surface area (Å²) in [5.74, 6) is 2.03. The fourth-order valence-corrected chi connectivity index (χ4v) is 3.37. The van der Waals surface area contributed by atoms with Crippen molar-refractivity contribution in [1.82, 2.24) is 9.97 Å². The summed E-state index contributed by atoms with van der Waals surface area (Å²) < 4.78 is 11.3. The van der Waals surface area contributed by atoms with Crippen LogP contribution in [0.2, 0.25) is 0 Å². The van der Waals surface area contributed by atoms with E-state index in [-0.39, 0.29) is 6.10 Å². The topological polar surface area (TPSA) is 73.5 Å². The van der Waals surface area contributed by atoms with Gasteiger partial charge in [-0.25, -0.2) is 4.98 Å². The van der Waals surface area contributed by atoms with Gasteiger partial charge in [0.1, 0.15) is 17.7 Å². The summed E-state index contributed by atoms with van der Waals surface area (Å²) in [7, 11) is 1.68. The van der Waals surface area contributed by atoms with Crippen molar-refractivity contribution in [2.24, 2.45) is 0 Å². The number of anilines is 2. The number of hydrogen-bond acceptors (Lipinski definition) is 6. The smallest absolute Gasteiger partial charge is 0.222 e. The summed E-state index contributed by atoms with van der Waals surface area (Å²) >= 11 is 0. The van der Waals surface area contributed by atoms with Crippen LogP contribution in [0, 0.1) is 6.92 Å². The molecule has 134 valence electrons. The molecule has 2 N–H and O–H groups in total. The van der Waals surface area contributed by atoms with Crippen LogP contribution in [0.5, 0.6) is 5.75 Å². The van der Waals surface area contributed by atoms with Crippen LogP contribution in [-0.2, 0) is 4.74 Å². The van der Waals surface area contributed by atoms with Gasteiger partial charge in [0.05, 0.1) is 13.7 Å². The minimum absolute atomic E-state index is 0.00764. The molecule has 1 aliphatic rings. The van der Waals surface area contributed by atoms with Crippen molar-refractivity contribution in [3.05, 3.63) is 53.7 Å². The van der Waals surface area contributed by atoms with Crippen molar-refractivity contribution >= 4 is 22.5 Å². The SMILES string of the molecule is COc1ccc2cc(C3CN(c4cc(C)nc(N)n4)CCO3)ccc2c1. The third-order valence-corrected chi connectivity index (χ3v) is 4.69. The average molecular weight is 350 g/mol. The molecule has 0 spiro atoms. The molecule has 0 amide bonds. The van der Waals surface area contributed by atoms with Crippen molar-refractivity contribution in [3.8, 4) is 5.75 Å². The Balaban J connectivity index is 1.60. The van der Waals surface area contributed by atoms with Crippen LogP contribution in [0.3, 0.4) is 0 Å². The first-order valence-corrected chi connectivity index (χ1v) is 8.68. The number of nitrogen functional groups attached to an aromatic ring is 1. The lowest BCUT2D eigenvalue weighted by atomic mass is 10.0. The third-order valence-electron chi connectivity index (χ3n) is 4.69. The Kier molecular flexibility index (Phi) is 4.34. The van der Waals surface area contributed by atoms with E-state index in [4.69, 9.17) is 15.2 Å². The number of rotatable bonds is 3. The second kappa shape index (κ2) is 6.80. The highest BCUT2D eigenvalue weighted by atomic mass is 16.5. The number of methoxy groups -OCH3 is 1. The quantitative estimate of drug-likeness (QED) is 0.782. The number of aromatic nitrogens is 2. The molecule has 2 heterocycles. The molecular weight excluding hydrogens is 328 g/mol. The zero-order chi connectivity index (χ0) is 18.1. The van der Waals surface area contributed by atoms with E-state index < -0.39 is 0 Å². The molecule has 0 bridgehead atoms. The molecule has 3 aromatic rings. The van der Waals surface area contributed by atoms with Gasteiger partial charge >= 0.3 is 0 Å². The Hall–Kier alpha value is -2.86. The van der Waals surface area contributed by atoms with E-state index in [1.54, 1.807) is 7.11 Å². The molecule has 4 rings (SSSR count). The highest BCUT2D eigenvalue weighted by Crippen LogP contribution is 2.29. The average Bonchev–Trinajstić information content (AvgIpc) is 2.66. The number of aryl methyl sites for hydroxylation is 1. The Morgan fingerprint density at radius 3 is 2.73 bits per heavy atom. The predicted molar refractivity (Wildman–Crippen MR) is 103 cm³/mol. The van der Waals surface area contributed by atoms with Gasteiger partial charge in [-0.1, -0.05) is 18.2 Å². The summed E-state index contributed by atoms with van der Waals surface area (Å²) in [5.41, 5.74) is 7.84. The van der Waals surface area contributed by atoms with Gasteiger partial charge in [0.15, 0.2) is 0 Å². The Morgan fingerprint density at radius 1 is 1.12 bits per heavy atom. The van der Waals surface area contributed by atoms with Crippen molar-refractivity contribution in [2.45, 2.75) is 13.0 Å². The molecular formula is C20H22N4O2. The first-order valence-electron chi connectivity index (χ1n) is 8.68. The fraction of sp³-hybridized carbons (Fsp3) is 0.300. The maximum absolute atomic E-state index is 6.03. The fourth-order valence-electron chi connectivity index (χ4n) is 3.37. The molecule has 1 fully saturated rings. The van der Waals surface area contributed by atoms with Gasteiger partial charge in [-0.05, 0) is 41.5 Å². The zero-order valence-corrected chi connectivity index (χ0v) is 15.0. The minimum Gasteiger partial charge on any atom is -0.497 e. The number of ether oxygens (including phenoxy) is 2. The lowest BCUT2D eigenvalue weighted by molar-refractivity contribution is 0.0396. The first-order chi connectivity index (χ1) is 12.6. The van der Waals surface area contributed by atoms with Crippen molar-refractivity contribution in [2.75, 3.05) is 37.4 Å². The molecule has 0 radical (unpaired) electrons. The van der Waals surface area contributed by atoms with Crippen LogP contribution < -0.4 is 15.4 Å². The predicted octanol–water partition coefficient (Wildman–Crippen LogP) is 3.11. The highest BCUT2D eigenvalue weighted by Gasteiger charge is 2.23. The lowest BCUT2D eigenvalue weighted by Crippen LogP contribution is -2.39. The standard InChI is InChI=1S/C20H22N4O2/c1-13-9-19(23-20(21)22-13)24-7-8-26-18(12-24)16-4-3-15-11-17(25-2)6-5-14(15)10-16/h3-6,9-11,18H,7-8,12H2,1-2H3,(H2,21,22,23). The Morgan fingerprint density at radius 2 is 1.92 bits per heavy atom. The van der Waals surface area contributed by atoms with Crippen molar-refractivity contribution < 1.29 is 9.47 Å². The van der Waals surface area contributed by atoms with Crippen molar-refractivity contribution in [3.63, 3.8) is 0 Å². The van der Waals surface area contributed by atoms with Crippen molar-refractivity contribution in [1.29, 1.82) is 0 Å². The molecule has 1 unspecified atom stereocenters. The molecule has 1 saturated heterocycles. The largest absolute Gasteiger partial charge is 0.497 e. The summed E-state index contributed by atoms with van der Waals surface area (Å²) in [6.45, 7) is 4.10. The van der Waals surface area contributed by atoms with E-state index in [0.29, 0.717) is 12.6 Å². The van der Waals surface area contributed by atoms with Gasteiger partial charge in [-0.2, -0.15) is 4.98 Å². The Bertz CT molecular complexity index is 924. The van der Waals surface area contributed by atoms with E-state index in [2.05, 4.69) is 39.1 Å². The van der Waals surface area contributed by atoms with Crippen LogP contribution >= 0.6 is 0 Å². The molecule has 1 aromatic heterocycles. The molecule has 6 heteroatoms. The molecule has 0 saturated carbocycles. The zero-order valence-electron chi connectivity index (χ0n) is 15.0. The molecule has 2 aromatic carbocycles. The van der Waals surface area contributed by atoms with Gasteiger partial charge in [0, 0.05) is 24.8 Å². The number of nitrogens with two attached hydrogens (primary N) is 1. The van der Waals surface area contributed by atoms with Gasteiger partial charge in [-0.15, -0.1) is 0 Å². The lowest BCUT2D eigenvalue weighted by Gasteiger charge is -2.34. The summed E-state index contributed by atoms with van der Waals surface area (Å²) in [6.07, 6.45) is -0.00764. The van der Waals surface area contributed by atoms with E-state index in [1.807, 2.05) is 25.1 Å². The third kappa shape index (κ3) is 3.28. The second-order valence-electron chi connectivity index (χ2n) is 6.50. The van der Waals surface area contributed by atoms with Gasteiger partial charge in [0.2, 0.25) is 5.95 Å². The maximum atomic E-state index is 6.03.